The number of nitrogens with one attached hydrogen (secondary N) is 2. The van der Waals surface area contributed by atoms with Crippen LogP contribution < -0.4 is 10.4 Å². The minimum Gasteiger partial charge on any atom is -0.496 e. The van der Waals surface area contributed by atoms with Crippen LogP contribution in [0.4, 0.5) is 0 Å². The van der Waals surface area contributed by atoms with Crippen molar-refractivity contribution in [2.45, 2.75) is 4.90 Å². The fraction of sp³-hybridized carbons (Fsp3) is 0.176. The Morgan fingerprint density at radius 3 is 2.75 bits per heavy atom. The summed E-state index contributed by atoms with van der Waals surface area (Å²) in [6.07, 6.45) is 2.03. The third kappa shape index (κ3) is 2.20. The number of rotatable bonds is 3. The molecule has 4 aromatic rings. The molecule has 122 valence electrons. The average molecular weight is 340 g/mol. The summed E-state index contributed by atoms with van der Waals surface area (Å²) in [4.78, 5) is 23.7. The standard InChI is InChI=1S/C17H16N4O2S/c1-21-14-8-12-11(7-13(14)20-17(21)22)18-16(19-12)10-5-4-9(24-3)6-15(10)23-2/h4-8H,1-3H3,(H,18,19)(H,20,22). The van der Waals surface area contributed by atoms with E-state index in [-0.39, 0.29) is 5.69 Å². The van der Waals surface area contributed by atoms with Crippen LogP contribution in [0.2, 0.25) is 0 Å². The summed E-state index contributed by atoms with van der Waals surface area (Å²) in [7, 11) is 3.40. The number of thioether (sulfide) groups is 1. The topological polar surface area (TPSA) is 75.7 Å². The molecule has 0 unspecified atom stereocenters. The predicted octanol–water partition coefficient (Wildman–Crippen LogP) is 3.14. The predicted molar refractivity (Wildman–Crippen MR) is 97.0 cm³/mol. The van der Waals surface area contributed by atoms with Gasteiger partial charge in [0.2, 0.25) is 0 Å². The van der Waals surface area contributed by atoms with Crippen molar-refractivity contribution in [2.75, 3.05) is 13.4 Å². The number of hydrogen-bond acceptors (Lipinski definition) is 4. The summed E-state index contributed by atoms with van der Waals surface area (Å²) in [5, 5.41) is 0. The molecule has 2 aromatic heterocycles. The number of ether oxygens (including phenoxy) is 1. The summed E-state index contributed by atoms with van der Waals surface area (Å²) < 4.78 is 7.09. The Hall–Kier alpha value is -2.67. The van der Waals surface area contributed by atoms with Gasteiger partial charge in [0, 0.05) is 11.9 Å². The van der Waals surface area contributed by atoms with Gasteiger partial charge in [-0.25, -0.2) is 9.78 Å². The first-order valence-corrected chi connectivity index (χ1v) is 8.64. The van der Waals surface area contributed by atoms with E-state index in [0.717, 1.165) is 44.1 Å². The quantitative estimate of drug-likeness (QED) is 0.562. The van der Waals surface area contributed by atoms with Crippen LogP contribution in [0, 0.1) is 0 Å². The number of H-pyrrole nitrogens is 2. The van der Waals surface area contributed by atoms with Crippen LogP contribution in [-0.4, -0.2) is 32.9 Å². The van der Waals surface area contributed by atoms with Gasteiger partial charge in [0.25, 0.3) is 0 Å². The molecule has 6 nitrogen and oxygen atoms in total. The summed E-state index contributed by atoms with van der Waals surface area (Å²) >= 11 is 1.67. The Morgan fingerprint density at radius 2 is 2.00 bits per heavy atom. The Morgan fingerprint density at radius 1 is 1.17 bits per heavy atom. The van der Waals surface area contributed by atoms with E-state index >= 15 is 0 Å². The highest BCUT2D eigenvalue weighted by Gasteiger charge is 2.13. The van der Waals surface area contributed by atoms with Gasteiger partial charge in [0.15, 0.2) is 0 Å². The molecule has 2 N–H and O–H groups in total. The fourth-order valence-electron chi connectivity index (χ4n) is 2.85. The molecule has 0 amide bonds. The van der Waals surface area contributed by atoms with Crippen molar-refractivity contribution in [3.05, 3.63) is 40.8 Å². The van der Waals surface area contributed by atoms with Crippen LogP contribution in [0.3, 0.4) is 0 Å². The number of fused-ring (bicyclic) bond motifs is 2. The summed E-state index contributed by atoms with van der Waals surface area (Å²) in [6.45, 7) is 0. The summed E-state index contributed by atoms with van der Waals surface area (Å²) in [6, 6.07) is 9.87. The van der Waals surface area contributed by atoms with Gasteiger partial charge in [0.1, 0.15) is 11.6 Å². The monoisotopic (exact) mass is 340 g/mol. The summed E-state index contributed by atoms with van der Waals surface area (Å²) in [5.74, 6) is 1.52. The zero-order valence-electron chi connectivity index (χ0n) is 13.5. The van der Waals surface area contributed by atoms with Crippen molar-refractivity contribution in [1.82, 2.24) is 19.5 Å². The maximum Gasteiger partial charge on any atom is 0.326 e. The van der Waals surface area contributed by atoms with Crippen molar-refractivity contribution >= 4 is 33.8 Å². The first-order chi connectivity index (χ1) is 11.6. The van der Waals surface area contributed by atoms with E-state index in [1.165, 1.54) is 0 Å². The van der Waals surface area contributed by atoms with Gasteiger partial charge in [-0.1, -0.05) is 0 Å². The molecule has 7 heteroatoms. The van der Waals surface area contributed by atoms with Crippen LogP contribution in [0.1, 0.15) is 0 Å². The van der Waals surface area contributed by atoms with Gasteiger partial charge >= 0.3 is 5.69 Å². The minimum atomic E-state index is -0.132. The highest BCUT2D eigenvalue weighted by molar-refractivity contribution is 7.98. The molecule has 24 heavy (non-hydrogen) atoms. The average Bonchev–Trinajstić information content (AvgIpc) is 3.13. The number of aromatic nitrogens is 4. The first-order valence-electron chi connectivity index (χ1n) is 7.41. The van der Waals surface area contributed by atoms with Crippen LogP contribution in [0.5, 0.6) is 5.75 Å². The molecule has 0 spiro atoms. The van der Waals surface area contributed by atoms with Crippen molar-refractivity contribution in [1.29, 1.82) is 0 Å². The van der Waals surface area contributed by atoms with Gasteiger partial charge < -0.3 is 14.7 Å². The van der Waals surface area contributed by atoms with Crippen LogP contribution >= 0.6 is 11.8 Å². The second kappa shape index (κ2) is 5.45. The number of hydrogen-bond donors (Lipinski definition) is 2. The van der Waals surface area contributed by atoms with Crippen molar-refractivity contribution < 1.29 is 4.74 Å². The van der Waals surface area contributed by atoms with E-state index in [1.807, 2.05) is 36.6 Å². The van der Waals surface area contributed by atoms with Crippen molar-refractivity contribution in [3.63, 3.8) is 0 Å². The maximum absolute atomic E-state index is 11.7. The zero-order chi connectivity index (χ0) is 16.8. The fourth-order valence-corrected chi connectivity index (χ4v) is 3.28. The lowest BCUT2D eigenvalue weighted by Gasteiger charge is -2.07. The van der Waals surface area contributed by atoms with E-state index in [1.54, 1.807) is 30.5 Å². The number of nitrogens with zero attached hydrogens (tertiary/aromatic N) is 2. The maximum atomic E-state index is 11.7. The minimum absolute atomic E-state index is 0.132. The molecule has 0 saturated heterocycles. The van der Waals surface area contributed by atoms with E-state index in [9.17, 15) is 4.79 Å². The van der Waals surface area contributed by atoms with Crippen LogP contribution in [0.25, 0.3) is 33.5 Å². The Kier molecular flexibility index (Phi) is 3.38. The summed E-state index contributed by atoms with van der Waals surface area (Å²) in [5.41, 5.74) is 4.07. The number of imidazole rings is 2. The zero-order valence-corrected chi connectivity index (χ0v) is 14.3. The number of aromatic amines is 2. The molecule has 0 atom stereocenters. The molecule has 2 heterocycles. The Bertz CT molecular complexity index is 1120. The number of aryl methyl sites for hydroxylation is 1. The number of methoxy groups -OCH3 is 1. The molecular formula is C17H16N4O2S. The van der Waals surface area contributed by atoms with E-state index < -0.39 is 0 Å². The van der Waals surface area contributed by atoms with Gasteiger partial charge in [-0.3, -0.25) is 4.57 Å². The van der Waals surface area contributed by atoms with Gasteiger partial charge in [-0.05, 0) is 36.6 Å². The van der Waals surface area contributed by atoms with E-state index in [0.29, 0.717) is 0 Å². The first kappa shape index (κ1) is 14.9. The normalized spacial score (nSPS) is 11.5. The Balaban J connectivity index is 1.92. The lowest BCUT2D eigenvalue weighted by atomic mass is 10.2. The highest BCUT2D eigenvalue weighted by Crippen LogP contribution is 2.33. The molecular weight excluding hydrogens is 324 g/mol. The molecule has 2 aromatic carbocycles. The highest BCUT2D eigenvalue weighted by atomic mass is 32.2. The second-order valence-electron chi connectivity index (χ2n) is 5.53. The van der Waals surface area contributed by atoms with Gasteiger partial charge in [-0.2, -0.15) is 0 Å². The van der Waals surface area contributed by atoms with E-state index in [4.69, 9.17) is 4.74 Å². The largest absolute Gasteiger partial charge is 0.496 e. The molecule has 0 saturated carbocycles. The van der Waals surface area contributed by atoms with Crippen molar-refractivity contribution in [3.8, 4) is 17.1 Å². The SMILES string of the molecule is COc1cc(SC)ccc1-c1nc2cc3c(cc2[nH]1)[nH]c(=O)n3C. The van der Waals surface area contributed by atoms with Crippen LogP contribution in [-0.2, 0) is 7.05 Å². The van der Waals surface area contributed by atoms with Gasteiger partial charge in [0.05, 0.1) is 34.7 Å². The molecule has 0 radical (unpaired) electrons. The molecule has 0 aliphatic carbocycles. The Labute approximate surface area is 141 Å². The number of benzene rings is 2. The lowest BCUT2D eigenvalue weighted by molar-refractivity contribution is 0.415. The van der Waals surface area contributed by atoms with Gasteiger partial charge in [-0.15, -0.1) is 11.8 Å². The van der Waals surface area contributed by atoms with Crippen molar-refractivity contribution in [2.24, 2.45) is 7.05 Å². The van der Waals surface area contributed by atoms with Crippen LogP contribution in [0.15, 0.2) is 40.0 Å². The molecule has 0 aliphatic rings. The third-order valence-electron chi connectivity index (χ3n) is 4.17. The molecule has 0 fully saturated rings. The molecule has 0 bridgehead atoms. The lowest BCUT2D eigenvalue weighted by Crippen LogP contribution is -2.11. The molecule has 0 aliphatic heterocycles. The molecule has 4 rings (SSSR count). The third-order valence-corrected chi connectivity index (χ3v) is 4.90. The second-order valence-corrected chi connectivity index (χ2v) is 6.41. The smallest absolute Gasteiger partial charge is 0.326 e. The van der Waals surface area contributed by atoms with E-state index in [2.05, 4.69) is 15.0 Å².